The lowest BCUT2D eigenvalue weighted by Gasteiger charge is -2.19. The van der Waals surface area contributed by atoms with Crippen LogP contribution in [0.15, 0.2) is 30.6 Å². The number of nitrogens with zero attached hydrogens (tertiary/aromatic N) is 4. The minimum atomic E-state index is -0.750. The summed E-state index contributed by atoms with van der Waals surface area (Å²) in [5.74, 6) is 0.134. The fraction of sp³-hybridized carbons (Fsp3) is 0.286. The number of unbranched alkanes of at least 4 members (excludes halogenated alkanes) is 1. The molecule has 0 aliphatic heterocycles. The predicted molar refractivity (Wildman–Crippen MR) is 126 cm³/mol. The highest BCUT2D eigenvalue weighted by Gasteiger charge is 2.21. The molecule has 0 saturated heterocycles. The van der Waals surface area contributed by atoms with Crippen molar-refractivity contribution in [3.8, 4) is 6.07 Å². The summed E-state index contributed by atoms with van der Waals surface area (Å²) in [7, 11) is 0. The summed E-state index contributed by atoms with van der Waals surface area (Å²) >= 11 is 5.58. The van der Waals surface area contributed by atoms with Crippen LogP contribution < -0.4 is 16.4 Å². The molecule has 33 heavy (non-hydrogen) atoms. The Morgan fingerprint density at radius 1 is 1.33 bits per heavy atom. The van der Waals surface area contributed by atoms with Crippen LogP contribution in [0.5, 0.6) is 0 Å². The number of hydrogen-bond acceptors (Lipinski definition) is 9. The zero-order valence-corrected chi connectivity index (χ0v) is 19.5. The zero-order valence-electron chi connectivity index (χ0n) is 18.0. The van der Waals surface area contributed by atoms with Gasteiger partial charge < -0.3 is 16.4 Å². The number of fused-ring (bicyclic) bond motifs is 1. The van der Waals surface area contributed by atoms with Crippen LogP contribution in [0.2, 0.25) is 5.02 Å². The summed E-state index contributed by atoms with van der Waals surface area (Å²) < 4.78 is 16.6. The van der Waals surface area contributed by atoms with Crippen molar-refractivity contribution < 1.29 is 13.2 Å². The maximum absolute atomic E-state index is 12.9. The van der Waals surface area contributed by atoms with Gasteiger partial charge in [0.15, 0.2) is 0 Å². The summed E-state index contributed by atoms with van der Waals surface area (Å²) in [5, 5.41) is 16.7. The van der Waals surface area contributed by atoms with E-state index in [1.807, 2.05) is 25.1 Å². The molecule has 1 aromatic carbocycles. The minimum absolute atomic E-state index is 0.0780. The third-order valence-electron chi connectivity index (χ3n) is 4.64. The van der Waals surface area contributed by atoms with Crippen molar-refractivity contribution in [2.75, 3.05) is 17.6 Å². The van der Waals surface area contributed by atoms with Crippen LogP contribution in [0.1, 0.15) is 54.3 Å². The third kappa shape index (κ3) is 6.44. The van der Waals surface area contributed by atoms with E-state index in [2.05, 4.69) is 32.5 Å². The molecule has 0 aliphatic rings. The highest BCUT2D eigenvalue weighted by atomic mass is 35.5. The maximum atomic E-state index is 12.9. The van der Waals surface area contributed by atoms with Gasteiger partial charge in [-0.3, -0.25) is 4.79 Å². The Morgan fingerprint density at radius 3 is 2.73 bits per heavy atom. The van der Waals surface area contributed by atoms with Crippen molar-refractivity contribution in [2.24, 2.45) is 0 Å². The zero-order chi connectivity index (χ0) is 24.4. The lowest BCUT2D eigenvalue weighted by Crippen LogP contribution is -2.27. The number of nitrogens with two attached hydrogens (primary N) is 1. The molecule has 0 saturated carbocycles. The van der Waals surface area contributed by atoms with E-state index < -0.39 is 17.6 Å². The number of pyridine rings is 1. The van der Waals surface area contributed by atoms with Gasteiger partial charge in [-0.05, 0) is 25.5 Å². The van der Waals surface area contributed by atoms with Gasteiger partial charge in [0.05, 0.1) is 27.8 Å². The average molecular weight is 488 g/mol. The first-order chi connectivity index (χ1) is 15.9. The molecule has 0 unspecified atom stereocenters. The normalized spacial score (nSPS) is 11.0. The Labute approximate surface area is 199 Å². The average Bonchev–Trinajstić information content (AvgIpc) is 2.79. The van der Waals surface area contributed by atoms with Crippen LogP contribution in [0.25, 0.3) is 10.9 Å². The fourth-order valence-electron chi connectivity index (χ4n) is 3.05. The summed E-state index contributed by atoms with van der Waals surface area (Å²) in [5.41, 5.74) is 7.43. The number of halogens is 1. The molecule has 0 fully saturated rings. The van der Waals surface area contributed by atoms with Gasteiger partial charge >= 0.3 is 11.6 Å². The first-order valence-corrected chi connectivity index (χ1v) is 11.0. The monoisotopic (exact) mass is 487 g/mol. The Morgan fingerprint density at radius 2 is 2.06 bits per heavy atom. The van der Waals surface area contributed by atoms with Gasteiger partial charge in [0.2, 0.25) is 0 Å². The van der Waals surface area contributed by atoms with E-state index in [9.17, 15) is 10.1 Å². The van der Waals surface area contributed by atoms with Gasteiger partial charge in [0, 0.05) is 11.9 Å². The van der Waals surface area contributed by atoms with Crippen molar-refractivity contribution in [1.29, 1.82) is 5.26 Å². The molecular weight excluding hydrogens is 466 g/mol. The lowest BCUT2D eigenvalue weighted by molar-refractivity contribution is 0.0951. The number of rotatable bonds is 7. The second-order valence-corrected chi connectivity index (χ2v) is 7.41. The molecule has 0 radical (unpaired) electrons. The molecule has 0 bridgehead atoms. The molecule has 1 atom stereocenters. The Balaban J connectivity index is 0.00000122. The molecular formula is C21H22ClN7O3S. The van der Waals surface area contributed by atoms with Gasteiger partial charge in [-0.2, -0.15) is 13.7 Å². The van der Waals surface area contributed by atoms with Crippen molar-refractivity contribution >= 4 is 51.6 Å². The number of nitriles is 1. The van der Waals surface area contributed by atoms with Gasteiger partial charge in [0.1, 0.15) is 29.6 Å². The first-order valence-electron chi connectivity index (χ1n) is 9.94. The number of benzene rings is 1. The molecule has 2 heterocycles. The van der Waals surface area contributed by atoms with Crippen LogP contribution in [0.4, 0.5) is 11.6 Å². The van der Waals surface area contributed by atoms with Crippen LogP contribution in [0.3, 0.4) is 0 Å². The molecule has 4 N–H and O–H groups in total. The van der Waals surface area contributed by atoms with E-state index in [0.717, 1.165) is 18.2 Å². The number of hydrogen-bond donors (Lipinski definition) is 3. The van der Waals surface area contributed by atoms with Gasteiger partial charge in [-0.25, -0.2) is 15.0 Å². The number of nitrogens with one attached hydrogen (secondary N) is 2. The molecule has 2 aromatic heterocycles. The summed E-state index contributed by atoms with van der Waals surface area (Å²) in [6.07, 6.45) is 3.13. The summed E-state index contributed by atoms with van der Waals surface area (Å²) in [6.45, 7) is 4.46. The summed E-state index contributed by atoms with van der Waals surface area (Å²) in [4.78, 5) is 25.5. The second-order valence-electron chi connectivity index (χ2n) is 6.87. The Hall–Kier alpha value is -3.62. The SMILES string of the molecule is CCCCNC(=O)c1cc2cccc(Cl)c2nc1[C@H](C)Nc1ncnc(N)c1C#N.O=S=O. The standard InChI is InChI=1S/C21H22ClN7O.O2S/c1-3-4-8-25-21(30)14-9-13-6-5-7-16(22)18(13)29-17(14)12(2)28-20-15(10-23)19(24)26-11-27-20;1-3-2/h5-7,9,11-12H,3-4,8H2,1-2H3,(H,25,30)(H3,24,26,27,28);/t12-;/m0./s1. The summed E-state index contributed by atoms with van der Waals surface area (Å²) in [6, 6.07) is 8.74. The van der Waals surface area contributed by atoms with Gasteiger partial charge in [-0.1, -0.05) is 37.1 Å². The molecule has 0 spiro atoms. The fourth-order valence-corrected chi connectivity index (χ4v) is 3.28. The Bertz CT molecular complexity index is 1230. The Kier molecular flexibility index (Phi) is 9.65. The topological polar surface area (TPSA) is 164 Å². The molecule has 3 aromatic rings. The van der Waals surface area contributed by atoms with E-state index in [-0.39, 0.29) is 23.1 Å². The number of nitrogen functional groups attached to an aromatic ring is 1. The number of para-hydroxylation sites is 1. The van der Waals surface area contributed by atoms with Crippen molar-refractivity contribution in [1.82, 2.24) is 20.3 Å². The number of carbonyl (C=O) groups excluding carboxylic acids is 1. The van der Waals surface area contributed by atoms with E-state index in [1.54, 1.807) is 12.1 Å². The third-order valence-corrected chi connectivity index (χ3v) is 4.94. The molecule has 3 rings (SSSR count). The molecule has 0 aliphatic carbocycles. The van der Waals surface area contributed by atoms with Crippen LogP contribution in [-0.4, -0.2) is 35.8 Å². The first kappa shape index (κ1) is 25.6. The van der Waals surface area contributed by atoms with Crippen molar-refractivity contribution in [3.63, 3.8) is 0 Å². The van der Waals surface area contributed by atoms with Crippen molar-refractivity contribution in [3.05, 3.63) is 52.4 Å². The molecule has 172 valence electrons. The number of amides is 1. The second kappa shape index (κ2) is 12.4. The molecule has 10 nitrogen and oxygen atoms in total. The highest BCUT2D eigenvalue weighted by molar-refractivity contribution is 7.51. The van der Waals surface area contributed by atoms with E-state index in [1.165, 1.54) is 6.33 Å². The van der Waals surface area contributed by atoms with Crippen LogP contribution in [0, 0.1) is 11.3 Å². The van der Waals surface area contributed by atoms with Crippen LogP contribution in [-0.2, 0) is 11.6 Å². The van der Waals surface area contributed by atoms with Crippen molar-refractivity contribution in [2.45, 2.75) is 32.7 Å². The van der Waals surface area contributed by atoms with Crippen LogP contribution >= 0.6 is 11.6 Å². The number of aromatic nitrogens is 3. The number of anilines is 2. The van der Waals surface area contributed by atoms with E-state index in [0.29, 0.717) is 28.3 Å². The highest BCUT2D eigenvalue weighted by Crippen LogP contribution is 2.29. The quantitative estimate of drug-likeness (QED) is 0.424. The number of carbonyl (C=O) groups is 1. The predicted octanol–water partition coefficient (Wildman–Crippen LogP) is 3.16. The maximum Gasteiger partial charge on any atom is 0.335 e. The van der Waals surface area contributed by atoms with Gasteiger partial charge in [-0.15, -0.1) is 0 Å². The lowest BCUT2D eigenvalue weighted by atomic mass is 10.0. The smallest absolute Gasteiger partial charge is 0.335 e. The molecule has 1 amide bonds. The van der Waals surface area contributed by atoms with Gasteiger partial charge in [0.25, 0.3) is 5.91 Å². The minimum Gasteiger partial charge on any atom is -0.382 e. The van der Waals surface area contributed by atoms with E-state index in [4.69, 9.17) is 25.8 Å². The van der Waals surface area contributed by atoms with E-state index >= 15 is 0 Å². The molecule has 12 heteroatoms. The largest absolute Gasteiger partial charge is 0.382 e.